The smallest absolute Gasteiger partial charge is 0.252 e. The van der Waals surface area contributed by atoms with E-state index in [0.29, 0.717) is 35.3 Å². The molecular formula is C18H21ClN4O3. The van der Waals surface area contributed by atoms with Gasteiger partial charge >= 0.3 is 0 Å². The SMILES string of the molecule is C[C@@H](NC(=O)c1cc(Cl)c2c(c1)OCCO2)c1nnc2n1CCCCC2. The number of carbonyl (C=O) groups excluding carboxylic acids is 1. The third kappa shape index (κ3) is 3.23. The Morgan fingerprint density at radius 2 is 2.08 bits per heavy atom. The van der Waals surface area contributed by atoms with Gasteiger partial charge < -0.3 is 19.4 Å². The number of halogens is 1. The highest BCUT2D eigenvalue weighted by Gasteiger charge is 2.23. The molecule has 7 nitrogen and oxygen atoms in total. The molecule has 2 aliphatic heterocycles. The Bertz CT molecular complexity index is 836. The number of nitrogens with one attached hydrogen (secondary N) is 1. The summed E-state index contributed by atoms with van der Waals surface area (Å²) in [6.07, 6.45) is 4.37. The fraction of sp³-hybridized carbons (Fsp3) is 0.500. The van der Waals surface area contributed by atoms with Crippen molar-refractivity contribution < 1.29 is 14.3 Å². The summed E-state index contributed by atoms with van der Waals surface area (Å²) < 4.78 is 13.2. The number of hydrogen-bond acceptors (Lipinski definition) is 5. The lowest BCUT2D eigenvalue weighted by atomic mass is 10.1. The van der Waals surface area contributed by atoms with E-state index in [1.807, 2.05) is 6.92 Å². The second kappa shape index (κ2) is 7.15. The van der Waals surface area contributed by atoms with Crippen molar-refractivity contribution in [2.45, 2.75) is 45.2 Å². The number of fused-ring (bicyclic) bond motifs is 2. The number of carbonyl (C=O) groups is 1. The first-order valence-corrected chi connectivity index (χ1v) is 9.33. The molecule has 8 heteroatoms. The van der Waals surface area contributed by atoms with Gasteiger partial charge in [0.15, 0.2) is 17.3 Å². The van der Waals surface area contributed by atoms with Crippen molar-refractivity contribution in [2.75, 3.05) is 13.2 Å². The van der Waals surface area contributed by atoms with Crippen LogP contribution >= 0.6 is 11.6 Å². The zero-order valence-electron chi connectivity index (χ0n) is 14.6. The van der Waals surface area contributed by atoms with Gasteiger partial charge in [0.2, 0.25) is 0 Å². The Kier molecular flexibility index (Phi) is 4.72. The Morgan fingerprint density at radius 3 is 2.96 bits per heavy atom. The number of amides is 1. The summed E-state index contributed by atoms with van der Waals surface area (Å²) >= 11 is 6.23. The molecule has 138 valence electrons. The van der Waals surface area contributed by atoms with Crippen LogP contribution in [0.15, 0.2) is 12.1 Å². The van der Waals surface area contributed by atoms with Crippen LogP contribution in [0.1, 0.15) is 54.2 Å². The first kappa shape index (κ1) is 17.1. The van der Waals surface area contributed by atoms with E-state index in [9.17, 15) is 4.79 Å². The lowest BCUT2D eigenvalue weighted by molar-refractivity contribution is 0.0936. The van der Waals surface area contributed by atoms with Crippen molar-refractivity contribution in [1.82, 2.24) is 20.1 Å². The van der Waals surface area contributed by atoms with Gasteiger partial charge in [-0.25, -0.2) is 0 Å². The molecule has 1 aromatic heterocycles. The maximum absolute atomic E-state index is 12.7. The topological polar surface area (TPSA) is 78.3 Å². The van der Waals surface area contributed by atoms with Crippen molar-refractivity contribution in [3.05, 3.63) is 34.4 Å². The van der Waals surface area contributed by atoms with Gasteiger partial charge in [-0.05, 0) is 31.9 Å². The van der Waals surface area contributed by atoms with Gasteiger partial charge in [-0.15, -0.1) is 10.2 Å². The second-order valence-corrected chi connectivity index (χ2v) is 7.02. The number of ether oxygens (including phenoxy) is 2. The highest BCUT2D eigenvalue weighted by atomic mass is 35.5. The van der Waals surface area contributed by atoms with Gasteiger partial charge in [0.25, 0.3) is 5.91 Å². The fourth-order valence-corrected chi connectivity index (χ4v) is 3.68. The van der Waals surface area contributed by atoms with Crippen LogP contribution in [0.3, 0.4) is 0 Å². The van der Waals surface area contributed by atoms with Gasteiger partial charge in [-0.1, -0.05) is 18.0 Å². The molecule has 2 aliphatic rings. The molecule has 26 heavy (non-hydrogen) atoms. The molecule has 1 aromatic carbocycles. The van der Waals surface area contributed by atoms with Crippen molar-refractivity contribution in [3.63, 3.8) is 0 Å². The molecule has 1 N–H and O–H groups in total. The summed E-state index contributed by atoms with van der Waals surface area (Å²) in [4.78, 5) is 12.7. The van der Waals surface area contributed by atoms with E-state index in [2.05, 4.69) is 20.1 Å². The summed E-state index contributed by atoms with van der Waals surface area (Å²) in [5, 5.41) is 12.0. The summed E-state index contributed by atoms with van der Waals surface area (Å²) in [5.41, 5.74) is 0.432. The summed E-state index contributed by atoms with van der Waals surface area (Å²) in [6.45, 7) is 3.71. The molecule has 0 saturated carbocycles. The zero-order chi connectivity index (χ0) is 18.1. The molecule has 0 spiro atoms. The highest BCUT2D eigenvalue weighted by Crippen LogP contribution is 2.38. The average molecular weight is 377 g/mol. The molecule has 4 rings (SSSR count). The van der Waals surface area contributed by atoms with Gasteiger partial charge in [-0.3, -0.25) is 4.79 Å². The minimum atomic E-state index is -0.256. The van der Waals surface area contributed by atoms with Crippen LogP contribution in [-0.2, 0) is 13.0 Å². The third-order valence-electron chi connectivity index (χ3n) is 4.73. The Labute approximate surface area is 156 Å². The van der Waals surface area contributed by atoms with Crippen molar-refractivity contribution in [1.29, 1.82) is 0 Å². The molecule has 2 aromatic rings. The molecule has 0 unspecified atom stereocenters. The minimum absolute atomic E-state index is 0.234. The van der Waals surface area contributed by atoms with Crippen molar-refractivity contribution >= 4 is 17.5 Å². The van der Waals surface area contributed by atoms with Crippen LogP contribution in [0.4, 0.5) is 0 Å². The van der Waals surface area contributed by atoms with Gasteiger partial charge in [0.05, 0.1) is 11.1 Å². The van der Waals surface area contributed by atoms with Crippen molar-refractivity contribution in [2.24, 2.45) is 0 Å². The predicted octanol–water partition coefficient (Wildman–Crippen LogP) is 2.92. The minimum Gasteiger partial charge on any atom is -0.486 e. The Morgan fingerprint density at radius 1 is 1.23 bits per heavy atom. The number of nitrogens with zero attached hydrogens (tertiary/aromatic N) is 3. The Balaban J connectivity index is 1.53. The predicted molar refractivity (Wildman–Crippen MR) is 95.9 cm³/mol. The van der Waals surface area contributed by atoms with E-state index in [4.69, 9.17) is 21.1 Å². The largest absolute Gasteiger partial charge is 0.486 e. The molecule has 0 bridgehead atoms. The normalized spacial score (nSPS) is 17.2. The lowest BCUT2D eigenvalue weighted by Gasteiger charge is -2.20. The van der Waals surface area contributed by atoms with Crippen LogP contribution in [0.25, 0.3) is 0 Å². The number of benzene rings is 1. The number of aromatic nitrogens is 3. The van der Waals surface area contributed by atoms with E-state index in [0.717, 1.165) is 37.5 Å². The quantitative estimate of drug-likeness (QED) is 0.891. The number of aryl methyl sites for hydroxylation is 1. The summed E-state index contributed by atoms with van der Waals surface area (Å²) in [5.74, 6) is 2.55. The molecule has 0 radical (unpaired) electrons. The van der Waals surface area contributed by atoms with E-state index in [1.165, 1.54) is 6.42 Å². The monoisotopic (exact) mass is 376 g/mol. The maximum atomic E-state index is 12.7. The molecule has 1 amide bonds. The van der Waals surface area contributed by atoms with Crippen molar-refractivity contribution in [3.8, 4) is 11.5 Å². The highest BCUT2D eigenvalue weighted by molar-refractivity contribution is 6.32. The lowest BCUT2D eigenvalue weighted by Crippen LogP contribution is -2.29. The van der Waals surface area contributed by atoms with Crippen LogP contribution < -0.4 is 14.8 Å². The molecule has 0 saturated heterocycles. The van der Waals surface area contributed by atoms with E-state index < -0.39 is 0 Å². The first-order valence-electron chi connectivity index (χ1n) is 8.95. The van der Waals surface area contributed by atoms with E-state index in [1.54, 1.807) is 12.1 Å². The standard InChI is InChI=1S/C18H21ClN4O3/c1-11(17-22-21-15-5-3-2-4-6-23(15)17)20-18(24)12-9-13(19)16-14(10-12)25-7-8-26-16/h9-11H,2-8H2,1H3,(H,20,24)/t11-/m1/s1. The van der Waals surface area contributed by atoms with Crippen LogP contribution in [0, 0.1) is 0 Å². The molecule has 0 aliphatic carbocycles. The summed E-state index contributed by atoms with van der Waals surface area (Å²) in [7, 11) is 0. The molecule has 3 heterocycles. The Hall–Kier alpha value is -2.28. The van der Waals surface area contributed by atoms with Gasteiger partial charge in [-0.2, -0.15) is 0 Å². The van der Waals surface area contributed by atoms with E-state index >= 15 is 0 Å². The zero-order valence-corrected chi connectivity index (χ0v) is 15.4. The molecule has 0 fully saturated rings. The third-order valence-corrected chi connectivity index (χ3v) is 5.01. The average Bonchev–Trinajstić information content (AvgIpc) is 2.90. The molecule has 1 atom stereocenters. The fourth-order valence-electron chi connectivity index (χ4n) is 3.41. The van der Waals surface area contributed by atoms with E-state index in [-0.39, 0.29) is 11.9 Å². The van der Waals surface area contributed by atoms with Gasteiger partial charge in [0, 0.05) is 18.5 Å². The van der Waals surface area contributed by atoms with Crippen LogP contribution in [0.2, 0.25) is 5.02 Å². The second-order valence-electron chi connectivity index (χ2n) is 6.61. The number of rotatable bonds is 3. The maximum Gasteiger partial charge on any atom is 0.252 e. The molecular weight excluding hydrogens is 356 g/mol. The van der Waals surface area contributed by atoms with Crippen LogP contribution in [-0.4, -0.2) is 33.9 Å². The van der Waals surface area contributed by atoms with Gasteiger partial charge in [0.1, 0.15) is 19.0 Å². The van der Waals surface area contributed by atoms with Crippen LogP contribution in [0.5, 0.6) is 11.5 Å². The number of hydrogen-bond donors (Lipinski definition) is 1. The summed E-state index contributed by atoms with van der Waals surface area (Å²) in [6, 6.07) is 3.00. The first-order chi connectivity index (χ1) is 12.6.